The van der Waals surface area contributed by atoms with Crippen molar-refractivity contribution in [3.8, 4) is 0 Å². The van der Waals surface area contributed by atoms with Gasteiger partial charge in [0.05, 0.1) is 11.0 Å². The molecular formula is C17H14N4. The topological polar surface area (TPSA) is 42.2 Å². The number of rotatable bonds is 3. The average molecular weight is 274 g/mol. The molecule has 0 atom stereocenters. The maximum Gasteiger partial charge on any atom is 0.236 e. The van der Waals surface area contributed by atoms with Gasteiger partial charge in [-0.2, -0.15) is 4.98 Å². The number of anilines is 1. The van der Waals surface area contributed by atoms with Crippen molar-refractivity contribution in [3.63, 3.8) is 0 Å². The molecule has 0 amide bonds. The van der Waals surface area contributed by atoms with Crippen molar-refractivity contribution in [1.29, 1.82) is 0 Å². The van der Waals surface area contributed by atoms with Crippen molar-refractivity contribution in [3.05, 3.63) is 72.4 Å². The first-order chi connectivity index (χ1) is 10.4. The van der Waals surface area contributed by atoms with Gasteiger partial charge in [0, 0.05) is 12.7 Å². The van der Waals surface area contributed by atoms with E-state index in [9.17, 15) is 0 Å². The van der Waals surface area contributed by atoms with Gasteiger partial charge in [0.25, 0.3) is 0 Å². The van der Waals surface area contributed by atoms with Crippen molar-refractivity contribution < 1.29 is 0 Å². The quantitative estimate of drug-likeness (QED) is 0.622. The highest BCUT2D eigenvalue weighted by Gasteiger charge is 2.05. The molecule has 0 aliphatic rings. The molecule has 2 aromatic heterocycles. The Labute approximate surface area is 122 Å². The van der Waals surface area contributed by atoms with Gasteiger partial charge in [-0.1, -0.05) is 42.5 Å². The number of aromatic nitrogens is 3. The molecule has 0 saturated heterocycles. The fourth-order valence-corrected chi connectivity index (χ4v) is 2.43. The van der Waals surface area contributed by atoms with Crippen LogP contribution in [0.4, 0.5) is 5.82 Å². The first-order valence-corrected chi connectivity index (χ1v) is 6.92. The molecular weight excluding hydrogens is 260 g/mol. The van der Waals surface area contributed by atoms with Crippen LogP contribution in [0.25, 0.3) is 16.8 Å². The van der Waals surface area contributed by atoms with Crippen LogP contribution >= 0.6 is 0 Å². The number of hydrogen-bond donors (Lipinski definition) is 1. The second-order valence-electron chi connectivity index (χ2n) is 4.92. The Morgan fingerprint density at radius 3 is 2.57 bits per heavy atom. The molecule has 4 nitrogen and oxygen atoms in total. The first-order valence-electron chi connectivity index (χ1n) is 6.92. The lowest BCUT2D eigenvalue weighted by Crippen LogP contribution is -2.02. The van der Waals surface area contributed by atoms with Gasteiger partial charge in [-0.05, 0) is 23.8 Å². The molecule has 1 N–H and O–H groups in total. The molecule has 4 aromatic rings. The Morgan fingerprint density at radius 2 is 1.67 bits per heavy atom. The molecule has 0 radical (unpaired) electrons. The maximum absolute atomic E-state index is 4.57. The highest BCUT2D eigenvalue weighted by molar-refractivity contribution is 5.79. The van der Waals surface area contributed by atoms with E-state index in [1.165, 1.54) is 5.56 Å². The zero-order valence-corrected chi connectivity index (χ0v) is 11.4. The fourth-order valence-electron chi connectivity index (χ4n) is 2.43. The van der Waals surface area contributed by atoms with Gasteiger partial charge in [0.2, 0.25) is 5.78 Å². The Kier molecular flexibility index (Phi) is 2.78. The molecule has 0 aliphatic heterocycles. The van der Waals surface area contributed by atoms with E-state index in [0.717, 1.165) is 23.4 Å². The lowest BCUT2D eigenvalue weighted by molar-refractivity contribution is 1.08. The number of imidazole rings is 1. The van der Waals surface area contributed by atoms with E-state index in [4.69, 9.17) is 0 Å². The third-order valence-electron chi connectivity index (χ3n) is 3.50. The van der Waals surface area contributed by atoms with Crippen LogP contribution in [0.2, 0.25) is 0 Å². The molecule has 0 bridgehead atoms. The monoisotopic (exact) mass is 274 g/mol. The van der Waals surface area contributed by atoms with Crippen LogP contribution in [0.1, 0.15) is 5.56 Å². The van der Waals surface area contributed by atoms with Crippen molar-refractivity contribution in [1.82, 2.24) is 14.4 Å². The van der Waals surface area contributed by atoms with Crippen LogP contribution < -0.4 is 5.32 Å². The highest BCUT2D eigenvalue weighted by atomic mass is 15.1. The minimum absolute atomic E-state index is 0.717. The lowest BCUT2D eigenvalue weighted by Gasteiger charge is -2.05. The minimum Gasteiger partial charge on any atom is -0.366 e. The fraction of sp³-hybridized carbons (Fsp3) is 0.0588. The molecule has 0 unspecified atom stereocenters. The van der Waals surface area contributed by atoms with E-state index < -0.39 is 0 Å². The predicted octanol–water partition coefficient (Wildman–Crippen LogP) is 3.49. The maximum atomic E-state index is 4.57. The summed E-state index contributed by atoms with van der Waals surface area (Å²) in [6.45, 7) is 0.754. The van der Waals surface area contributed by atoms with Gasteiger partial charge < -0.3 is 5.32 Å². The first kappa shape index (κ1) is 11.9. The molecule has 2 aromatic carbocycles. The third kappa shape index (κ3) is 2.21. The van der Waals surface area contributed by atoms with Gasteiger partial charge in [0.1, 0.15) is 5.82 Å². The number of para-hydroxylation sites is 2. The summed E-state index contributed by atoms with van der Waals surface area (Å²) >= 11 is 0. The summed E-state index contributed by atoms with van der Waals surface area (Å²) in [6, 6.07) is 20.3. The summed E-state index contributed by atoms with van der Waals surface area (Å²) in [6.07, 6.45) is 2.00. The standard InChI is InChI=1S/C17H14N4/c1-2-6-13(7-3-1)12-18-16-10-11-21-15-9-5-4-8-14(15)19-17(21)20-16/h1-11H,12H2,(H,18,19,20). The summed E-state index contributed by atoms with van der Waals surface area (Å²) in [5, 5.41) is 3.33. The van der Waals surface area contributed by atoms with E-state index in [0.29, 0.717) is 5.78 Å². The van der Waals surface area contributed by atoms with Gasteiger partial charge in [-0.3, -0.25) is 4.40 Å². The Balaban J connectivity index is 1.66. The largest absolute Gasteiger partial charge is 0.366 e. The van der Waals surface area contributed by atoms with Gasteiger partial charge in [-0.25, -0.2) is 4.98 Å². The van der Waals surface area contributed by atoms with Crippen molar-refractivity contribution >= 4 is 22.6 Å². The van der Waals surface area contributed by atoms with Crippen LogP contribution in [-0.4, -0.2) is 14.4 Å². The number of hydrogen-bond acceptors (Lipinski definition) is 3. The van der Waals surface area contributed by atoms with Crippen molar-refractivity contribution in [2.75, 3.05) is 5.32 Å². The minimum atomic E-state index is 0.717. The second-order valence-corrected chi connectivity index (χ2v) is 4.92. The molecule has 21 heavy (non-hydrogen) atoms. The summed E-state index contributed by atoms with van der Waals surface area (Å²) < 4.78 is 2.00. The zero-order valence-electron chi connectivity index (χ0n) is 11.4. The van der Waals surface area contributed by atoms with E-state index in [-0.39, 0.29) is 0 Å². The molecule has 0 saturated carbocycles. The summed E-state index contributed by atoms with van der Waals surface area (Å²) in [7, 11) is 0. The summed E-state index contributed by atoms with van der Waals surface area (Å²) in [5.74, 6) is 1.55. The molecule has 2 heterocycles. The SMILES string of the molecule is c1ccc(CNc2ccn3c(n2)nc2ccccc23)cc1. The van der Waals surface area contributed by atoms with Crippen LogP contribution in [0, 0.1) is 0 Å². The normalized spacial score (nSPS) is 11.0. The smallest absolute Gasteiger partial charge is 0.236 e. The molecule has 4 heteroatoms. The Hall–Kier alpha value is -2.88. The molecule has 0 spiro atoms. The van der Waals surface area contributed by atoms with Gasteiger partial charge in [-0.15, -0.1) is 0 Å². The van der Waals surface area contributed by atoms with E-state index in [1.54, 1.807) is 0 Å². The van der Waals surface area contributed by atoms with Crippen LogP contribution in [0.5, 0.6) is 0 Å². The Morgan fingerprint density at radius 1 is 0.857 bits per heavy atom. The molecule has 4 rings (SSSR count). The van der Waals surface area contributed by atoms with Crippen LogP contribution in [-0.2, 0) is 6.54 Å². The van der Waals surface area contributed by atoms with Crippen LogP contribution in [0.3, 0.4) is 0 Å². The molecule has 0 fully saturated rings. The van der Waals surface area contributed by atoms with Crippen molar-refractivity contribution in [2.24, 2.45) is 0 Å². The van der Waals surface area contributed by atoms with E-state index >= 15 is 0 Å². The summed E-state index contributed by atoms with van der Waals surface area (Å²) in [5.41, 5.74) is 3.27. The summed E-state index contributed by atoms with van der Waals surface area (Å²) in [4.78, 5) is 9.11. The predicted molar refractivity (Wildman–Crippen MR) is 84.3 cm³/mol. The number of nitrogens with one attached hydrogen (secondary N) is 1. The number of nitrogens with zero attached hydrogens (tertiary/aromatic N) is 3. The number of fused-ring (bicyclic) bond motifs is 3. The second kappa shape index (κ2) is 4.90. The number of benzene rings is 2. The lowest BCUT2D eigenvalue weighted by atomic mass is 10.2. The zero-order chi connectivity index (χ0) is 14.1. The van der Waals surface area contributed by atoms with E-state index in [1.807, 2.05) is 59.1 Å². The van der Waals surface area contributed by atoms with Gasteiger partial charge >= 0.3 is 0 Å². The average Bonchev–Trinajstić information content (AvgIpc) is 2.91. The third-order valence-corrected chi connectivity index (χ3v) is 3.50. The molecule has 0 aliphatic carbocycles. The van der Waals surface area contributed by atoms with Gasteiger partial charge in [0.15, 0.2) is 0 Å². The van der Waals surface area contributed by atoms with E-state index in [2.05, 4.69) is 27.4 Å². The highest BCUT2D eigenvalue weighted by Crippen LogP contribution is 2.16. The van der Waals surface area contributed by atoms with Crippen molar-refractivity contribution in [2.45, 2.75) is 6.54 Å². The van der Waals surface area contributed by atoms with Crippen LogP contribution in [0.15, 0.2) is 66.9 Å². The molecule has 102 valence electrons. The Bertz CT molecular complexity index is 896.